The fourth-order valence-electron chi connectivity index (χ4n) is 2.81. The van der Waals surface area contributed by atoms with E-state index in [1.54, 1.807) is 10.9 Å². The topological polar surface area (TPSA) is 42.7 Å². The van der Waals surface area contributed by atoms with Gasteiger partial charge in [-0.2, -0.15) is 5.10 Å². The molecule has 2 heterocycles. The largest absolute Gasteiger partial charge is 0.381 e. The fraction of sp³-hybridized carbons (Fsp3) is 0.467. The van der Waals surface area contributed by atoms with Crippen molar-refractivity contribution in [2.75, 3.05) is 5.32 Å². The molecule has 4 heteroatoms. The van der Waals surface area contributed by atoms with Crippen LogP contribution in [0.25, 0.3) is 5.82 Å². The third kappa shape index (κ3) is 2.78. The van der Waals surface area contributed by atoms with Crippen molar-refractivity contribution in [3.63, 3.8) is 0 Å². The molecule has 4 nitrogen and oxygen atoms in total. The molecule has 0 spiro atoms. The number of rotatable bonds is 3. The average Bonchev–Trinajstić information content (AvgIpc) is 3.00. The lowest BCUT2D eigenvalue weighted by Crippen LogP contribution is -2.17. The lowest BCUT2D eigenvalue weighted by molar-refractivity contribution is 0.378. The molecular formula is C15H20N4. The number of pyridine rings is 1. The zero-order valence-electron chi connectivity index (χ0n) is 11.5. The van der Waals surface area contributed by atoms with E-state index in [-0.39, 0.29) is 0 Å². The first-order valence-electron chi connectivity index (χ1n) is 6.85. The summed E-state index contributed by atoms with van der Waals surface area (Å²) in [5.74, 6) is 0.849. The quantitative estimate of drug-likeness (QED) is 0.916. The monoisotopic (exact) mass is 256 g/mol. The van der Waals surface area contributed by atoms with Crippen LogP contribution in [0.2, 0.25) is 0 Å². The molecule has 19 heavy (non-hydrogen) atoms. The van der Waals surface area contributed by atoms with Gasteiger partial charge in [-0.05, 0) is 42.9 Å². The molecule has 0 amide bonds. The number of hydrogen-bond donors (Lipinski definition) is 1. The Morgan fingerprint density at radius 1 is 1.37 bits per heavy atom. The van der Waals surface area contributed by atoms with E-state index in [0.29, 0.717) is 11.5 Å². The van der Waals surface area contributed by atoms with E-state index in [1.165, 1.54) is 19.3 Å². The third-order valence-corrected chi connectivity index (χ3v) is 3.83. The lowest BCUT2D eigenvalue weighted by Gasteiger charge is -2.18. The summed E-state index contributed by atoms with van der Waals surface area (Å²) < 4.78 is 1.77. The van der Waals surface area contributed by atoms with Crippen LogP contribution in [-0.2, 0) is 0 Å². The maximum absolute atomic E-state index is 4.44. The highest BCUT2D eigenvalue weighted by molar-refractivity contribution is 5.44. The Morgan fingerprint density at radius 3 is 2.84 bits per heavy atom. The molecule has 0 aromatic carbocycles. The zero-order valence-corrected chi connectivity index (χ0v) is 11.5. The van der Waals surface area contributed by atoms with Gasteiger partial charge in [0, 0.05) is 18.4 Å². The van der Waals surface area contributed by atoms with Gasteiger partial charge in [-0.15, -0.1) is 0 Å². The summed E-state index contributed by atoms with van der Waals surface area (Å²) >= 11 is 0. The molecule has 0 bridgehead atoms. The molecule has 1 N–H and O–H groups in total. The Morgan fingerprint density at radius 2 is 2.26 bits per heavy atom. The number of nitrogens with one attached hydrogen (secondary N) is 1. The first-order valence-corrected chi connectivity index (χ1v) is 6.85. The molecule has 0 aliphatic heterocycles. The summed E-state index contributed by atoms with van der Waals surface area (Å²) in [5.41, 5.74) is 1.57. The molecule has 1 unspecified atom stereocenters. The van der Waals surface area contributed by atoms with Crippen LogP contribution >= 0.6 is 0 Å². The van der Waals surface area contributed by atoms with E-state index >= 15 is 0 Å². The molecule has 2 aromatic rings. The van der Waals surface area contributed by atoms with Gasteiger partial charge in [0.05, 0.1) is 11.9 Å². The number of anilines is 1. The summed E-state index contributed by atoms with van der Waals surface area (Å²) in [6.45, 7) is 4.68. The van der Waals surface area contributed by atoms with Gasteiger partial charge in [0.2, 0.25) is 0 Å². The highest BCUT2D eigenvalue weighted by Crippen LogP contribution is 2.38. The standard InChI is InChI=1S/C15H20N4/c1-15(2)7-6-12(10-15)18-13-4-5-14(16-11-13)19-9-3-8-17-19/h3-5,8-9,11-12,18H,6-7,10H2,1-2H3. The van der Waals surface area contributed by atoms with Crippen molar-refractivity contribution >= 4 is 5.69 Å². The van der Waals surface area contributed by atoms with Crippen LogP contribution in [0.15, 0.2) is 36.8 Å². The van der Waals surface area contributed by atoms with Gasteiger partial charge in [0.25, 0.3) is 0 Å². The number of hydrogen-bond acceptors (Lipinski definition) is 3. The van der Waals surface area contributed by atoms with Crippen LogP contribution in [0.4, 0.5) is 5.69 Å². The molecule has 1 aliphatic rings. The molecule has 1 aliphatic carbocycles. The summed E-state index contributed by atoms with van der Waals surface area (Å²) in [5, 5.41) is 7.75. The fourth-order valence-corrected chi connectivity index (χ4v) is 2.81. The second kappa shape index (κ2) is 4.68. The minimum Gasteiger partial charge on any atom is -0.381 e. The highest BCUT2D eigenvalue weighted by atomic mass is 15.3. The van der Waals surface area contributed by atoms with Crippen LogP contribution in [0.1, 0.15) is 33.1 Å². The zero-order chi connectivity index (χ0) is 13.3. The van der Waals surface area contributed by atoms with Crippen LogP contribution in [0, 0.1) is 5.41 Å². The van der Waals surface area contributed by atoms with E-state index in [9.17, 15) is 0 Å². The summed E-state index contributed by atoms with van der Waals surface area (Å²) in [4.78, 5) is 4.44. The summed E-state index contributed by atoms with van der Waals surface area (Å²) in [7, 11) is 0. The van der Waals surface area contributed by atoms with Crippen molar-refractivity contribution in [2.24, 2.45) is 5.41 Å². The SMILES string of the molecule is CC1(C)CCC(Nc2ccc(-n3cccn3)nc2)C1. The molecule has 3 rings (SSSR count). The molecule has 1 fully saturated rings. The van der Waals surface area contributed by atoms with Crippen molar-refractivity contribution in [2.45, 2.75) is 39.2 Å². The van der Waals surface area contributed by atoms with Gasteiger partial charge in [-0.25, -0.2) is 9.67 Å². The van der Waals surface area contributed by atoms with Crippen molar-refractivity contribution in [1.29, 1.82) is 0 Å². The van der Waals surface area contributed by atoms with Crippen molar-refractivity contribution in [3.8, 4) is 5.82 Å². The molecular weight excluding hydrogens is 236 g/mol. The van der Waals surface area contributed by atoms with Gasteiger partial charge < -0.3 is 5.32 Å². The Hall–Kier alpha value is -1.84. The molecule has 2 aromatic heterocycles. The smallest absolute Gasteiger partial charge is 0.153 e. The molecule has 1 saturated carbocycles. The van der Waals surface area contributed by atoms with Crippen LogP contribution in [0.5, 0.6) is 0 Å². The number of nitrogens with zero attached hydrogens (tertiary/aromatic N) is 3. The van der Waals surface area contributed by atoms with Crippen molar-refractivity contribution in [3.05, 3.63) is 36.8 Å². The summed E-state index contributed by atoms with van der Waals surface area (Å²) in [6, 6.07) is 6.55. The van der Waals surface area contributed by atoms with E-state index in [2.05, 4.69) is 35.3 Å². The minimum atomic E-state index is 0.472. The van der Waals surface area contributed by atoms with Gasteiger partial charge in [0.1, 0.15) is 0 Å². The number of aromatic nitrogens is 3. The maximum atomic E-state index is 4.44. The van der Waals surface area contributed by atoms with E-state index < -0.39 is 0 Å². The lowest BCUT2D eigenvalue weighted by atomic mass is 9.92. The Bertz CT molecular complexity index is 528. The van der Waals surface area contributed by atoms with Gasteiger partial charge in [0.15, 0.2) is 5.82 Å². The van der Waals surface area contributed by atoms with Crippen LogP contribution in [0.3, 0.4) is 0 Å². The van der Waals surface area contributed by atoms with Gasteiger partial charge >= 0.3 is 0 Å². The molecule has 100 valence electrons. The average molecular weight is 256 g/mol. The Labute approximate surface area is 113 Å². The normalized spacial score (nSPS) is 21.5. The van der Waals surface area contributed by atoms with Gasteiger partial charge in [-0.1, -0.05) is 13.8 Å². The molecule has 1 atom stereocenters. The molecule has 0 saturated heterocycles. The highest BCUT2D eigenvalue weighted by Gasteiger charge is 2.30. The Balaban J connectivity index is 1.67. The Kier molecular flexibility index (Phi) is 3.01. The van der Waals surface area contributed by atoms with E-state index in [4.69, 9.17) is 0 Å². The van der Waals surface area contributed by atoms with E-state index in [0.717, 1.165) is 11.5 Å². The third-order valence-electron chi connectivity index (χ3n) is 3.83. The first kappa shape index (κ1) is 12.2. The second-order valence-corrected chi connectivity index (χ2v) is 6.10. The van der Waals surface area contributed by atoms with E-state index in [1.807, 2.05) is 24.5 Å². The van der Waals surface area contributed by atoms with Crippen LogP contribution < -0.4 is 5.32 Å². The predicted molar refractivity (Wildman–Crippen MR) is 76.4 cm³/mol. The van der Waals surface area contributed by atoms with Gasteiger partial charge in [-0.3, -0.25) is 0 Å². The first-order chi connectivity index (χ1) is 9.12. The maximum Gasteiger partial charge on any atom is 0.153 e. The predicted octanol–water partition coefficient (Wildman–Crippen LogP) is 3.26. The van der Waals surface area contributed by atoms with Crippen LogP contribution in [-0.4, -0.2) is 20.8 Å². The van der Waals surface area contributed by atoms with Crippen molar-refractivity contribution in [1.82, 2.24) is 14.8 Å². The second-order valence-electron chi connectivity index (χ2n) is 6.10. The van der Waals surface area contributed by atoms with Crippen molar-refractivity contribution < 1.29 is 0 Å². The summed E-state index contributed by atoms with van der Waals surface area (Å²) in [6.07, 6.45) is 9.32. The molecule has 0 radical (unpaired) electrons. The minimum absolute atomic E-state index is 0.472.